The molecule has 0 aromatic heterocycles. The van der Waals surface area contributed by atoms with E-state index >= 15 is 0 Å². The number of hydrogen-bond acceptors (Lipinski definition) is 4. The molecule has 0 bridgehead atoms. The van der Waals surface area contributed by atoms with Gasteiger partial charge in [-0.3, -0.25) is 5.73 Å². The van der Waals surface area contributed by atoms with Gasteiger partial charge in [0.15, 0.2) is 0 Å². The maximum Gasteiger partial charge on any atom is 0.209 e. The van der Waals surface area contributed by atoms with E-state index in [0.717, 1.165) is 31.5 Å². The van der Waals surface area contributed by atoms with E-state index in [1.807, 2.05) is 6.92 Å². The second kappa shape index (κ2) is 12.8. The van der Waals surface area contributed by atoms with E-state index in [1.54, 1.807) is 12.4 Å². The van der Waals surface area contributed by atoms with Crippen LogP contribution in [-0.4, -0.2) is 29.0 Å². The van der Waals surface area contributed by atoms with Gasteiger partial charge in [0, 0.05) is 13.3 Å². The second-order valence-corrected chi connectivity index (χ2v) is 7.32. The highest BCUT2D eigenvalue weighted by Crippen LogP contribution is 2.22. The van der Waals surface area contributed by atoms with E-state index in [0.29, 0.717) is 0 Å². The molecular formula is C21H37N3O2. The van der Waals surface area contributed by atoms with Crippen molar-refractivity contribution in [2.24, 2.45) is 10.7 Å². The van der Waals surface area contributed by atoms with Crippen molar-refractivity contribution in [2.45, 2.75) is 90.6 Å². The summed E-state index contributed by atoms with van der Waals surface area (Å²) in [7, 11) is 0. The number of quaternary nitrogens is 1. The lowest BCUT2D eigenvalue weighted by Gasteiger charge is -2.36. The first-order chi connectivity index (χ1) is 12.5. The van der Waals surface area contributed by atoms with Crippen LogP contribution in [0.2, 0.25) is 0 Å². The molecule has 0 saturated carbocycles. The van der Waals surface area contributed by atoms with E-state index in [1.165, 1.54) is 44.9 Å². The fourth-order valence-electron chi connectivity index (χ4n) is 3.41. The Morgan fingerprint density at radius 2 is 1.77 bits per heavy atom. The third-order valence-corrected chi connectivity index (χ3v) is 5.07. The monoisotopic (exact) mass is 363 g/mol. The zero-order valence-electron chi connectivity index (χ0n) is 16.7. The molecule has 1 aliphatic heterocycles. The normalized spacial score (nSPS) is 20.7. The largest absolute Gasteiger partial charge is 0.544 e. The molecule has 0 radical (unpaired) electrons. The van der Waals surface area contributed by atoms with E-state index in [4.69, 9.17) is 5.73 Å². The van der Waals surface area contributed by atoms with Crippen LogP contribution >= 0.6 is 0 Å². The van der Waals surface area contributed by atoms with E-state index < -0.39 is 5.97 Å². The Hall–Kier alpha value is -1.46. The van der Waals surface area contributed by atoms with Gasteiger partial charge in [-0.05, 0) is 25.7 Å². The molecule has 1 aliphatic rings. The summed E-state index contributed by atoms with van der Waals surface area (Å²) in [5.74, 6) is -0.277. The summed E-state index contributed by atoms with van der Waals surface area (Å²) in [5.41, 5.74) is 6.04. The molecule has 0 spiro atoms. The lowest BCUT2D eigenvalue weighted by molar-refractivity contribution is -0.808. The summed E-state index contributed by atoms with van der Waals surface area (Å²) < 4.78 is 0.0874. The molecule has 26 heavy (non-hydrogen) atoms. The number of amidine groups is 1. The topological polar surface area (TPSA) is 78.5 Å². The standard InChI is InChI=1S/C21H37N3O2/c1-3-4-5-6-7-8-9-10-11-12-13-14-15-20-23-16-17-24(20,19(2)22)18-21(25)26/h11-12,16-17,19H,3-10,13-15,18,22H2,1-2H3/b12-11+. The molecule has 2 unspecified atom stereocenters. The van der Waals surface area contributed by atoms with E-state index in [2.05, 4.69) is 24.1 Å². The first kappa shape index (κ1) is 22.6. The average Bonchev–Trinajstić information content (AvgIpc) is 2.99. The van der Waals surface area contributed by atoms with Crippen LogP contribution in [-0.2, 0) is 4.79 Å². The number of hydrogen-bond donors (Lipinski definition) is 1. The molecule has 5 heteroatoms. The fourth-order valence-corrected chi connectivity index (χ4v) is 3.41. The zero-order valence-corrected chi connectivity index (χ0v) is 16.7. The van der Waals surface area contributed by atoms with Crippen LogP contribution in [0.1, 0.15) is 84.5 Å². The first-order valence-corrected chi connectivity index (χ1v) is 10.3. The Labute approximate surface area is 159 Å². The van der Waals surface area contributed by atoms with Gasteiger partial charge in [-0.1, -0.05) is 57.6 Å². The maximum atomic E-state index is 11.1. The lowest BCUT2D eigenvalue weighted by Crippen LogP contribution is -2.60. The van der Waals surface area contributed by atoms with Crippen molar-refractivity contribution >= 4 is 11.8 Å². The van der Waals surface area contributed by atoms with Gasteiger partial charge in [-0.15, -0.1) is 0 Å². The molecule has 0 aromatic rings. The average molecular weight is 364 g/mol. The summed E-state index contributed by atoms with van der Waals surface area (Å²) in [4.78, 5) is 15.5. The van der Waals surface area contributed by atoms with Gasteiger partial charge in [0.05, 0.1) is 12.2 Å². The number of carboxylic acid groups (broad SMARTS) is 1. The highest BCUT2D eigenvalue weighted by molar-refractivity contribution is 5.81. The second-order valence-electron chi connectivity index (χ2n) is 7.32. The van der Waals surface area contributed by atoms with Crippen LogP contribution in [0.4, 0.5) is 0 Å². The number of carbonyl (C=O) groups excluding carboxylic acids is 1. The van der Waals surface area contributed by atoms with E-state index in [9.17, 15) is 9.90 Å². The number of rotatable bonds is 15. The Bertz CT molecular complexity index is 497. The quantitative estimate of drug-likeness (QED) is 0.274. The lowest BCUT2D eigenvalue weighted by atomic mass is 10.1. The summed E-state index contributed by atoms with van der Waals surface area (Å²) in [6, 6.07) is 0. The fraction of sp³-hybridized carbons (Fsp3) is 0.714. The Morgan fingerprint density at radius 3 is 2.38 bits per heavy atom. The molecule has 1 heterocycles. The van der Waals surface area contributed by atoms with Crippen LogP contribution in [0.15, 0.2) is 29.5 Å². The van der Waals surface area contributed by atoms with Gasteiger partial charge in [-0.25, -0.2) is 9.48 Å². The predicted molar refractivity (Wildman–Crippen MR) is 106 cm³/mol. The predicted octanol–water partition coefficient (Wildman–Crippen LogP) is 3.61. The third kappa shape index (κ3) is 7.83. The van der Waals surface area contributed by atoms with Crippen molar-refractivity contribution in [3.63, 3.8) is 0 Å². The molecule has 1 rings (SSSR count). The van der Waals surface area contributed by atoms with Crippen molar-refractivity contribution < 1.29 is 14.4 Å². The Balaban J connectivity index is 2.19. The number of nitrogens with zero attached hydrogens (tertiary/aromatic N) is 2. The molecule has 0 aliphatic carbocycles. The van der Waals surface area contributed by atoms with Crippen molar-refractivity contribution in [3.8, 4) is 0 Å². The van der Waals surface area contributed by atoms with Crippen LogP contribution in [0.25, 0.3) is 0 Å². The molecule has 148 valence electrons. The maximum absolute atomic E-state index is 11.1. The summed E-state index contributed by atoms with van der Waals surface area (Å²) >= 11 is 0. The molecule has 0 fully saturated rings. The molecule has 0 aromatic carbocycles. The minimum absolute atomic E-state index is 0.0874. The summed E-state index contributed by atoms with van der Waals surface area (Å²) in [6.45, 7) is 3.91. The molecule has 0 saturated heterocycles. The third-order valence-electron chi connectivity index (χ3n) is 5.07. The van der Waals surface area contributed by atoms with Crippen molar-refractivity contribution in [1.82, 2.24) is 0 Å². The van der Waals surface area contributed by atoms with Gasteiger partial charge >= 0.3 is 0 Å². The minimum Gasteiger partial charge on any atom is -0.544 e. The first-order valence-electron chi connectivity index (χ1n) is 10.3. The number of aliphatic imine (C=N–C) groups is 1. The zero-order chi connectivity index (χ0) is 19.3. The number of aliphatic carboxylic acids is 1. The number of allylic oxidation sites excluding steroid dienone is 2. The van der Waals surface area contributed by atoms with Crippen molar-refractivity contribution in [3.05, 3.63) is 24.6 Å². The number of nitrogens with two attached hydrogens (primary N) is 1. The van der Waals surface area contributed by atoms with Crippen LogP contribution in [0.5, 0.6) is 0 Å². The highest BCUT2D eigenvalue weighted by Gasteiger charge is 2.38. The van der Waals surface area contributed by atoms with Gasteiger partial charge < -0.3 is 9.90 Å². The smallest absolute Gasteiger partial charge is 0.209 e. The Kier molecular flexibility index (Phi) is 11.1. The van der Waals surface area contributed by atoms with Crippen molar-refractivity contribution in [2.75, 3.05) is 6.54 Å². The number of carboxylic acids is 1. The number of carbonyl (C=O) groups is 1. The molecule has 0 amide bonds. The highest BCUT2D eigenvalue weighted by atomic mass is 16.4. The SMILES string of the molecule is CCCCCCCCC/C=C/CCCC1=NC=C[N+]1(CC(=O)[O-])C(C)N. The minimum atomic E-state index is -1.10. The molecular weight excluding hydrogens is 326 g/mol. The van der Waals surface area contributed by atoms with E-state index in [-0.39, 0.29) is 17.2 Å². The Morgan fingerprint density at radius 1 is 1.15 bits per heavy atom. The van der Waals surface area contributed by atoms with Gasteiger partial charge in [0.2, 0.25) is 5.84 Å². The van der Waals surface area contributed by atoms with Crippen molar-refractivity contribution in [1.29, 1.82) is 0 Å². The molecule has 5 nitrogen and oxygen atoms in total. The summed E-state index contributed by atoms with van der Waals surface area (Å²) in [6.07, 6.45) is 20.8. The van der Waals surface area contributed by atoms with Crippen LogP contribution < -0.4 is 10.8 Å². The van der Waals surface area contributed by atoms with Gasteiger partial charge in [-0.2, -0.15) is 0 Å². The number of unbranched alkanes of at least 4 members (excludes halogenated alkanes) is 8. The summed E-state index contributed by atoms with van der Waals surface area (Å²) in [5, 5.41) is 11.1. The van der Waals surface area contributed by atoms with Crippen LogP contribution in [0, 0.1) is 0 Å². The molecule has 2 atom stereocenters. The molecule has 2 N–H and O–H groups in total. The van der Waals surface area contributed by atoms with Gasteiger partial charge in [0.25, 0.3) is 0 Å². The van der Waals surface area contributed by atoms with Crippen LogP contribution in [0.3, 0.4) is 0 Å². The van der Waals surface area contributed by atoms with Gasteiger partial charge in [0.1, 0.15) is 18.9 Å².